The molecule has 0 bridgehead atoms. The molecule has 0 saturated heterocycles. The number of hydrogen-bond acceptors (Lipinski definition) is 19. The third-order valence-electron chi connectivity index (χ3n) is 13.6. The van der Waals surface area contributed by atoms with E-state index in [0.717, 1.165) is 12.1 Å². The number of fused-ring (bicyclic) bond motifs is 6. The first kappa shape index (κ1) is 60.6. The zero-order valence-corrected chi connectivity index (χ0v) is 46.0. The van der Waals surface area contributed by atoms with Gasteiger partial charge in [-0.3, -0.25) is 4.79 Å². The summed E-state index contributed by atoms with van der Waals surface area (Å²) in [5.74, 6) is -11.0. The molecule has 1 unspecified atom stereocenters. The lowest BCUT2D eigenvalue weighted by Gasteiger charge is -2.31. The average Bonchev–Trinajstić information content (AvgIpc) is 3.99. The second-order valence-corrected chi connectivity index (χ2v) is 26.1. The van der Waals surface area contributed by atoms with Gasteiger partial charge in [0.1, 0.15) is 47.0 Å². The van der Waals surface area contributed by atoms with E-state index in [9.17, 15) is 87.2 Å². The van der Waals surface area contributed by atoms with Crippen LogP contribution in [0.1, 0.15) is 70.4 Å². The van der Waals surface area contributed by atoms with Crippen LogP contribution in [0.2, 0.25) is 0 Å². The highest BCUT2D eigenvalue weighted by atomic mass is 32.2. The third-order valence-corrected chi connectivity index (χ3v) is 17.8. The Labute approximate surface area is 452 Å². The SMILES string of the molecule is COCCN1/C(=C/C=C/C=C/C2=[N+](CCCCCC(=O)Oc3c(F)c(F)cc(F)c3F)c3ccc4c(S(=O)(=O)[O-])cc(S(=O)(=O)[O-])cc4c3C2(C)C)C(C)(CCCS(=O)(=O)[O-])c2c1ccc1c(S(=O)(=O)[O-])cc(S(=O)(=O)[O-])cc21. The summed E-state index contributed by atoms with van der Waals surface area (Å²) in [6.45, 7) is 5.16. The minimum Gasteiger partial charge on any atom is -0.748 e. The Morgan fingerprint density at radius 1 is 0.658 bits per heavy atom. The third kappa shape index (κ3) is 12.5. The number of hydrogen-bond donors (Lipinski definition) is 0. The van der Waals surface area contributed by atoms with Crippen LogP contribution in [0.25, 0.3) is 21.5 Å². The van der Waals surface area contributed by atoms with Crippen molar-refractivity contribution in [3.63, 3.8) is 0 Å². The number of nitrogens with zero attached hydrogens (tertiary/aromatic N) is 2. The van der Waals surface area contributed by atoms with Crippen LogP contribution in [0.4, 0.5) is 28.9 Å². The summed E-state index contributed by atoms with van der Waals surface area (Å²) < 4.78 is 253. The Bertz CT molecular complexity index is 4060. The van der Waals surface area contributed by atoms with Gasteiger partial charge in [0.05, 0.1) is 41.7 Å². The molecule has 0 aromatic heterocycles. The fraction of sp³-hybridized carbons (Fsp3) is 0.320. The van der Waals surface area contributed by atoms with E-state index in [1.54, 1.807) is 48.5 Å². The first-order valence-electron chi connectivity index (χ1n) is 23.5. The van der Waals surface area contributed by atoms with Gasteiger partial charge < -0.3 is 37.1 Å². The van der Waals surface area contributed by atoms with Crippen LogP contribution in [0.15, 0.2) is 110 Å². The quantitative estimate of drug-likeness (QED) is 0.0111. The lowest BCUT2D eigenvalue weighted by Crippen LogP contribution is -2.31. The Morgan fingerprint density at radius 2 is 1.22 bits per heavy atom. The predicted octanol–water partition coefficient (Wildman–Crippen LogP) is 6.45. The van der Waals surface area contributed by atoms with Crippen LogP contribution in [0.5, 0.6) is 5.75 Å². The number of esters is 1. The first-order valence-corrected chi connectivity index (χ1v) is 30.7. The van der Waals surface area contributed by atoms with Crippen molar-refractivity contribution in [1.82, 2.24) is 0 Å². The number of benzene rings is 5. The molecule has 1 atom stereocenters. The molecule has 20 nitrogen and oxygen atoms in total. The molecule has 426 valence electrons. The predicted molar refractivity (Wildman–Crippen MR) is 270 cm³/mol. The molecule has 5 aromatic carbocycles. The summed E-state index contributed by atoms with van der Waals surface area (Å²) in [5.41, 5.74) is -0.692. The van der Waals surface area contributed by atoms with Gasteiger partial charge in [0.25, 0.3) is 0 Å². The number of methoxy groups -OCH3 is 1. The van der Waals surface area contributed by atoms with Gasteiger partial charge in [-0.2, -0.15) is 13.4 Å². The highest BCUT2D eigenvalue weighted by Crippen LogP contribution is 2.54. The number of rotatable bonds is 21. The number of carbonyl (C=O) groups excluding carboxylic acids is 1. The summed E-state index contributed by atoms with van der Waals surface area (Å²) in [7, 11) is -25.0. The van der Waals surface area contributed by atoms with Crippen molar-refractivity contribution in [2.24, 2.45) is 0 Å². The molecule has 7 rings (SSSR count). The van der Waals surface area contributed by atoms with E-state index < -0.39 is 128 Å². The molecule has 0 spiro atoms. The van der Waals surface area contributed by atoms with Crippen LogP contribution in [-0.4, -0.2) is 114 Å². The van der Waals surface area contributed by atoms with Crippen molar-refractivity contribution in [2.75, 3.05) is 37.5 Å². The molecular weight excluding hydrogens is 1150 g/mol. The lowest BCUT2D eigenvalue weighted by molar-refractivity contribution is -0.438. The van der Waals surface area contributed by atoms with Crippen LogP contribution < -0.4 is 9.64 Å². The van der Waals surface area contributed by atoms with Gasteiger partial charge in [0.2, 0.25) is 23.1 Å². The summed E-state index contributed by atoms with van der Waals surface area (Å²) in [6, 6.07) is 8.16. The fourth-order valence-corrected chi connectivity index (χ4v) is 13.4. The summed E-state index contributed by atoms with van der Waals surface area (Å²) in [4.78, 5) is 10.2. The number of ether oxygens (including phenoxy) is 2. The molecule has 0 radical (unpaired) electrons. The van der Waals surface area contributed by atoms with Gasteiger partial charge in [-0.15, -0.1) is 0 Å². The molecule has 2 aliphatic rings. The molecular formula is C50H46F4N2O18S5-4. The van der Waals surface area contributed by atoms with Crippen molar-refractivity contribution in [1.29, 1.82) is 0 Å². The van der Waals surface area contributed by atoms with Gasteiger partial charge in [0.15, 0.2) is 17.3 Å². The maximum absolute atomic E-state index is 14.2. The zero-order valence-electron chi connectivity index (χ0n) is 41.9. The van der Waals surface area contributed by atoms with Gasteiger partial charge in [-0.25, -0.2) is 50.9 Å². The molecule has 2 heterocycles. The van der Waals surface area contributed by atoms with E-state index in [-0.39, 0.29) is 90.5 Å². The van der Waals surface area contributed by atoms with Crippen LogP contribution in [-0.2, 0) is 71.0 Å². The van der Waals surface area contributed by atoms with Gasteiger partial charge in [-0.05, 0) is 111 Å². The molecule has 0 saturated carbocycles. The van der Waals surface area contributed by atoms with Crippen LogP contribution in [0.3, 0.4) is 0 Å². The summed E-state index contributed by atoms with van der Waals surface area (Å²) in [6.07, 6.45) is 7.36. The normalized spacial score (nSPS) is 17.5. The van der Waals surface area contributed by atoms with Crippen molar-refractivity contribution in [2.45, 2.75) is 89.7 Å². The van der Waals surface area contributed by atoms with E-state index in [1.165, 1.54) is 43.5 Å². The van der Waals surface area contributed by atoms with E-state index in [0.29, 0.717) is 34.9 Å². The minimum absolute atomic E-state index is 0.0180. The van der Waals surface area contributed by atoms with Gasteiger partial charge >= 0.3 is 5.97 Å². The van der Waals surface area contributed by atoms with E-state index >= 15 is 0 Å². The van der Waals surface area contributed by atoms with Crippen molar-refractivity contribution >= 4 is 95.2 Å². The number of halogens is 4. The van der Waals surface area contributed by atoms with Crippen LogP contribution in [0, 0.1) is 23.3 Å². The molecule has 5 aromatic rings. The lowest BCUT2D eigenvalue weighted by atomic mass is 9.75. The Kier molecular flexibility index (Phi) is 17.0. The minimum atomic E-state index is -5.43. The van der Waals surface area contributed by atoms with Crippen molar-refractivity contribution in [3.05, 3.63) is 125 Å². The number of carbonyl (C=O) groups is 1. The summed E-state index contributed by atoms with van der Waals surface area (Å²) >= 11 is 0. The number of anilines is 1. The van der Waals surface area contributed by atoms with Crippen LogP contribution >= 0.6 is 0 Å². The molecule has 2 aliphatic heterocycles. The second-order valence-electron chi connectivity index (χ2n) is 19.2. The van der Waals surface area contributed by atoms with Gasteiger partial charge in [-0.1, -0.05) is 24.3 Å². The monoisotopic (exact) mass is 1200 g/mol. The van der Waals surface area contributed by atoms with E-state index in [1.807, 2.05) is 0 Å². The molecule has 0 aliphatic carbocycles. The molecule has 0 amide bonds. The molecule has 29 heteroatoms. The Hall–Kier alpha value is -5.99. The second kappa shape index (κ2) is 22.2. The highest BCUT2D eigenvalue weighted by molar-refractivity contribution is 7.87. The maximum Gasteiger partial charge on any atom is 0.311 e. The zero-order chi connectivity index (χ0) is 58.6. The smallest absolute Gasteiger partial charge is 0.311 e. The standard InChI is InChI=1S/C50H50F4N2O18S5/c1-49(2)41(12-7-5-8-13-42-50(3,19-11-23-75(58,59)60)45-34-25-30(77(64,65)66)27-40(79(70,71)72)32(34)16-18-38(45)56(42)21-22-73-4)55(20-10-6-9-14-43(57)74-48-46(53)35(51)28-36(52)47(48)54)37-17-15-31-33(44(37)49)24-29(76(61,62)63)26-39(31)78(67,68)69/h5,7-8,12-13,15-18,24-28H,6,9-11,14,19-23H2,1-4H3,(H4-,58,59,60,61,62,63,64,65,66,67,68,69,70,71,72)/p-4. The molecule has 0 fully saturated rings. The van der Waals surface area contributed by atoms with Crippen molar-refractivity contribution < 1.29 is 101 Å². The van der Waals surface area contributed by atoms with E-state index in [2.05, 4.69) is 4.74 Å². The Morgan fingerprint density at radius 3 is 1.75 bits per heavy atom. The van der Waals surface area contributed by atoms with Crippen molar-refractivity contribution in [3.8, 4) is 5.75 Å². The maximum atomic E-state index is 14.2. The molecule has 79 heavy (non-hydrogen) atoms. The highest BCUT2D eigenvalue weighted by Gasteiger charge is 2.47. The first-order chi connectivity index (χ1) is 36.5. The van der Waals surface area contributed by atoms with Gasteiger partial charge in [0, 0.05) is 78.2 Å². The largest absolute Gasteiger partial charge is 0.748 e. The number of allylic oxidation sites excluding steroid dienone is 6. The topological polar surface area (TPSA) is 328 Å². The molecule has 0 N–H and O–H groups in total. The number of unbranched alkanes of at least 4 members (excludes halogenated alkanes) is 2. The average molecular weight is 1200 g/mol. The fourth-order valence-electron chi connectivity index (χ4n) is 10.2. The Balaban J connectivity index is 1.32. The van der Waals surface area contributed by atoms with E-state index in [4.69, 9.17) is 4.74 Å². The summed E-state index contributed by atoms with van der Waals surface area (Å²) in [5, 5.41) is -0.682.